The number of anilines is 1. The molecule has 2 aromatic carbocycles. The number of nitro benzene ring substituents is 1. The third-order valence-electron chi connectivity index (χ3n) is 3.87. The first-order valence-corrected chi connectivity index (χ1v) is 8.09. The average Bonchev–Trinajstić information content (AvgIpc) is 3.02. The van der Waals surface area contributed by atoms with E-state index in [0.717, 1.165) is 10.9 Å². The Bertz CT molecular complexity index is 1010. The van der Waals surface area contributed by atoms with Crippen LogP contribution in [0.4, 0.5) is 11.4 Å². The van der Waals surface area contributed by atoms with Crippen molar-refractivity contribution in [3.05, 3.63) is 70.0 Å². The number of carbonyl (C=O) groups excluding carboxylic acids is 2. The molecule has 27 heavy (non-hydrogen) atoms. The third kappa shape index (κ3) is 4.49. The van der Waals surface area contributed by atoms with Gasteiger partial charge in [-0.1, -0.05) is 12.1 Å². The molecular weight excluding hydrogens is 352 g/mol. The largest absolute Gasteiger partial charge is 0.464 e. The predicted octanol–water partition coefficient (Wildman–Crippen LogP) is 3.37. The molecule has 0 unspecified atom stereocenters. The molecule has 1 N–H and O–H groups in total. The van der Waals surface area contributed by atoms with Crippen molar-refractivity contribution in [1.29, 1.82) is 0 Å². The minimum Gasteiger partial charge on any atom is -0.464 e. The minimum atomic E-state index is -0.558. The number of nitro groups is 1. The summed E-state index contributed by atoms with van der Waals surface area (Å²) in [7, 11) is 0. The number of hydrogen-bond acceptors (Lipinski definition) is 6. The molecule has 3 rings (SSSR count). The highest BCUT2D eigenvalue weighted by Crippen LogP contribution is 2.23. The lowest BCUT2D eigenvalue weighted by Crippen LogP contribution is -2.21. The maximum atomic E-state index is 12.0. The Morgan fingerprint density at radius 2 is 1.93 bits per heavy atom. The van der Waals surface area contributed by atoms with Crippen LogP contribution >= 0.6 is 0 Å². The molecule has 0 radical (unpaired) electrons. The van der Waals surface area contributed by atoms with E-state index in [9.17, 15) is 19.7 Å². The second-order valence-corrected chi connectivity index (χ2v) is 5.95. The Hall–Kier alpha value is -3.68. The van der Waals surface area contributed by atoms with E-state index in [1.54, 1.807) is 0 Å². The molecule has 1 amide bonds. The fourth-order valence-corrected chi connectivity index (χ4v) is 2.54. The molecule has 0 aliphatic rings. The van der Waals surface area contributed by atoms with Gasteiger partial charge in [0.25, 0.3) is 11.6 Å². The minimum absolute atomic E-state index is 0.0130. The van der Waals surface area contributed by atoms with E-state index >= 15 is 0 Å². The van der Waals surface area contributed by atoms with Crippen molar-refractivity contribution >= 4 is 34.2 Å². The van der Waals surface area contributed by atoms with Gasteiger partial charge in [-0.25, -0.2) is 0 Å². The van der Waals surface area contributed by atoms with E-state index < -0.39 is 23.4 Å². The maximum absolute atomic E-state index is 12.0. The molecule has 8 heteroatoms. The topological polar surface area (TPSA) is 112 Å². The van der Waals surface area contributed by atoms with Gasteiger partial charge in [-0.2, -0.15) is 0 Å². The molecule has 0 atom stereocenters. The van der Waals surface area contributed by atoms with Gasteiger partial charge in [0.05, 0.1) is 17.6 Å². The monoisotopic (exact) mass is 368 g/mol. The molecule has 3 aromatic rings. The zero-order chi connectivity index (χ0) is 19.4. The number of fused-ring (bicyclic) bond motifs is 1. The summed E-state index contributed by atoms with van der Waals surface area (Å²) in [6.45, 7) is 1.49. The van der Waals surface area contributed by atoms with Gasteiger partial charge in [-0.15, -0.1) is 0 Å². The number of aryl methyl sites for hydroxylation is 1. The molecule has 8 nitrogen and oxygen atoms in total. The molecule has 1 heterocycles. The van der Waals surface area contributed by atoms with Gasteiger partial charge < -0.3 is 14.5 Å². The Morgan fingerprint density at radius 3 is 2.63 bits per heavy atom. The molecule has 138 valence electrons. The maximum Gasteiger partial charge on any atom is 0.310 e. The first-order valence-electron chi connectivity index (χ1n) is 8.09. The van der Waals surface area contributed by atoms with Crippen LogP contribution in [0.1, 0.15) is 11.1 Å². The zero-order valence-electron chi connectivity index (χ0n) is 14.4. The number of nitrogens with zero attached hydrogens (tertiary/aromatic N) is 1. The van der Waals surface area contributed by atoms with Gasteiger partial charge in [-0.05, 0) is 30.7 Å². The van der Waals surface area contributed by atoms with Crippen LogP contribution in [0.5, 0.6) is 0 Å². The molecule has 0 aliphatic heterocycles. The van der Waals surface area contributed by atoms with Gasteiger partial charge in [0.15, 0.2) is 6.61 Å². The predicted molar refractivity (Wildman–Crippen MR) is 97.3 cm³/mol. The number of nitrogens with one attached hydrogen (secondary N) is 1. The smallest absolute Gasteiger partial charge is 0.310 e. The summed E-state index contributed by atoms with van der Waals surface area (Å²) in [5.41, 5.74) is 2.72. The molecule has 0 fully saturated rings. The SMILES string of the molecule is Cc1ccc2c(CC(=O)OCC(=O)Nc3ccc([N+](=O)[O-])cc3)coc2c1. The lowest BCUT2D eigenvalue weighted by atomic mass is 10.1. The number of esters is 1. The van der Waals surface area contributed by atoms with Crippen LogP contribution in [0.2, 0.25) is 0 Å². The van der Waals surface area contributed by atoms with Gasteiger partial charge in [0.1, 0.15) is 5.58 Å². The number of carbonyl (C=O) groups is 2. The van der Waals surface area contributed by atoms with Crippen LogP contribution in [-0.4, -0.2) is 23.4 Å². The Kier molecular flexibility index (Phi) is 5.16. The lowest BCUT2D eigenvalue weighted by Gasteiger charge is -2.06. The molecule has 0 bridgehead atoms. The third-order valence-corrected chi connectivity index (χ3v) is 3.87. The van der Waals surface area contributed by atoms with Crippen LogP contribution in [-0.2, 0) is 20.7 Å². The number of non-ortho nitro benzene ring substituents is 1. The molecule has 0 spiro atoms. The van der Waals surface area contributed by atoms with E-state index in [1.165, 1.54) is 30.5 Å². The van der Waals surface area contributed by atoms with Gasteiger partial charge in [0.2, 0.25) is 0 Å². The average molecular weight is 368 g/mol. The van der Waals surface area contributed by atoms with Crippen molar-refractivity contribution in [2.45, 2.75) is 13.3 Å². The summed E-state index contributed by atoms with van der Waals surface area (Å²) in [5, 5.41) is 13.9. The molecular formula is C19H16N2O6. The van der Waals surface area contributed by atoms with Crippen LogP contribution < -0.4 is 5.32 Å². The molecule has 0 aliphatic carbocycles. The first-order chi connectivity index (χ1) is 12.9. The van der Waals surface area contributed by atoms with Gasteiger partial charge >= 0.3 is 5.97 Å². The molecule has 0 saturated carbocycles. The number of furan rings is 1. The first kappa shape index (κ1) is 18.1. The summed E-state index contributed by atoms with van der Waals surface area (Å²) >= 11 is 0. The van der Waals surface area contributed by atoms with Crippen LogP contribution in [0.3, 0.4) is 0 Å². The van der Waals surface area contributed by atoms with E-state index in [4.69, 9.17) is 9.15 Å². The zero-order valence-corrected chi connectivity index (χ0v) is 14.4. The summed E-state index contributed by atoms with van der Waals surface area (Å²) < 4.78 is 10.4. The van der Waals surface area contributed by atoms with Crippen LogP contribution in [0.15, 0.2) is 53.1 Å². The van der Waals surface area contributed by atoms with E-state index in [0.29, 0.717) is 16.8 Å². The number of ether oxygens (including phenoxy) is 1. The summed E-state index contributed by atoms with van der Waals surface area (Å²) in [6, 6.07) is 11.0. The highest BCUT2D eigenvalue weighted by Gasteiger charge is 2.13. The van der Waals surface area contributed by atoms with E-state index in [1.807, 2.05) is 25.1 Å². The fraction of sp³-hybridized carbons (Fsp3) is 0.158. The fourth-order valence-electron chi connectivity index (χ4n) is 2.54. The van der Waals surface area contributed by atoms with Crippen LogP contribution in [0.25, 0.3) is 11.0 Å². The van der Waals surface area contributed by atoms with Crippen molar-refractivity contribution in [1.82, 2.24) is 0 Å². The van der Waals surface area contributed by atoms with E-state index in [-0.39, 0.29) is 12.1 Å². The van der Waals surface area contributed by atoms with Crippen molar-refractivity contribution in [3.8, 4) is 0 Å². The quantitative estimate of drug-likeness (QED) is 0.405. The van der Waals surface area contributed by atoms with E-state index in [2.05, 4.69) is 5.32 Å². The summed E-state index contributed by atoms with van der Waals surface area (Å²) in [6.07, 6.45) is 1.49. The molecule has 1 aromatic heterocycles. The normalized spacial score (nSPS) is 10.6. The second kappa shape index (κ2) is 7.69. The highest BCUT2D eigenvalue weighted by atomic mass is 16.6. The number of amides is 1. The van der Waals surface area contributed by atoms with Crippen molar-refractivity contribution < 1.29 is 23.7 Å². The number of benzene rings is 2. The Labute approximate surface area is 153 Å². The van der Waals surface area contributed by atoms with Crippen LogP contribution in [0, 0.1) is 17.0 Å². The van der Waals surface area contributed by atoms with Gasteiger partial charge in [-0.3, -0.25) is 19.7 Å². The highest BCUT2D eigenvalue weighted by molar-refractivity contribution is 5.93. The van der Waals surface area contributed by atoms with Crippen molar-refractivity contribution in [3.63, 3.8) is 0 Å². The van der Waals surface area contributed by atoms with Crippen molar-refractivity contribution in [2.75, 3.05) is 11.9 Å². The summed E-state index contributed by atoms with van der Waals surface area (Å²) in [4.78, 5) is 33.9. The number of rotatable bonds is 6. The second-order valence-electron chi connectivity index (χ2n) is 5.95. The molecule has 0 saturated heterocycles. The lowest BCUT2D eigenvalue weighted by molar-refractivity contribution is -0.384. The van der Waals surface area contributed by atoms with Crippen molar-refractivity contribution in [2.24, 2.45) is 0 Å². The Morgan fingerprint density at radius 1 is 1.19 bits per heavy atom. The standard InChI is InChI=1S/C19H16N2O6/c1-12-2-7-16-13(10-26-17(16)8-12)9-19(23)27-11-18(22)20-14-3-5-15(6-4-14)21(24)25/h2-8,10H,9,11H2,1H3,(H,20,22). The Balaban J connectivity index is 1.52. The summed E-state index contributed by atoms with van der Waals surface area (Å²) in [5.74, 6) is -1.10. The number of hydrogen-bond donors (Lipinski definition) is 1. The van der Waals surface area contributed by atoms with Gasteiger partial charge in [0, 0.05) is 28.8 Å².